The van der Waals surface area contributed by atoms with Crippen LogP contribution in [0.4, 0.5) is 0 Å². The van der Waals surface area contributed by atoms with Crippen LogP contribution in [0.5, 0.6) is 0 Å². The summed E-state index contributed by atoms with van der Waals surface area (Å²) in [6.45, 7) is 2.99. The Balaban J connectivity index is 1.33. The van der Waals surface area contributed by atoms with Gasteiger partial charge in [-0.15, -0.1) is 0 Å². The zero-order valence-corrected chi connectivity index (χ0v) is 26.5. The standard InChI is InChI=1S/C36H43N5O6/c42-24-29(14-13-27-15-16-37-34(27)44)38-36(46)32(23-41-17-19-47-20-18-41)40-35(45)31(39-33(43)21-25-7-2-1-3-8-25)22-28-11-6-10-26-9-4-5-12-30(26)28/h1-12,24,27,29,31-32H,13-23H2,(H,37,44)(H,38,46)(H,39,43)(H,40,45)/t27-,29+,31+,32+/m1/s1. The van der Waals surface area contributed by atoms with E-state index >= 15 is 0 Å². The third-order valence-electron chi connectivity index (χ3n) is 8.82. The maximum Gasteiger partial charge on any atom is 0.244 e. The first-order chi connectivity index (χ1) is 22.9. The number of amides is 4. The van der Waals surface area contributed by atoms with Gasteiger partial charge < -0.3 is 30.8 Å². The van der Waals surface area contributed by atoms with Gasteiger partial charge in [-0.1, -0.05) is 72.8 Å². The molecule has 2 aliphatic heterocycles. The molecule has 0 aliphatic carbocycles. The van der Waals surface area contributed by atoms with Crippen molar-refractivity contribution in [1.29, 1.82) is 0 Å². The van der Waals surface area contributed by atoms with Gasteiger partial charge in [0.05, 0.1) is 25.7 Å². The molecule has 0 bridgehead atoms. The first-order valence-electron chi connectivity index (χ1n) is 16.3. The highest BCUT2D eigenvalue weighted by Crippen LogP contribution is 2.20. The molecular weight excluding hydrogens is 598 g/mol. The minimum atomic E-state index is -1.00. The average molecular weight is 642 g/mol. The van der Waals surface area contributed by atoms with Crippen LogP contribution in [0.1, 0.15) is 30.4 Å². The van der Waals surface area contributed by atoms with E-state index in [4.69, 9.17) is 4.74 Å². The molecule has 2 saturated heterocycles. The average Bonchev–Trinajstić information content (AvgIpc) is 3.51. The summed E-state index contributed by atoms with van der Waals surface area (Å²) < 4.78 is 5.47. The van der Waals surface area contributed by atoms with Crippen LogP contribution in [0.3, 0.4) is 0 Å². The Bertz CT molecular complexity index is 1540. The van der Waals surface area contributed by atoms with Crippen LogP contribution in [0.2, 0.25) is 0 Å². The molecule has 2 heterocycles. The molecular formula is C36H43N5O6. The van der Waals surface area contributed by atoms with Gasteiger partial charge in [-0.2, -0.15) is 0 Å². The first kappa shape index (κ1) is 33.7. The minimum Gasteiger partial charge on any atom is -0.379 e. The molecule has 0 unspecified atom stereocenters. The molecule has 3 aromatic rings. The topological polar surface area (TPSA) is 146 Å². The van der Waals surface area contributed by atoms with Crippen LogP contribution in [-0.4, -0.2) is 92.3 Å². The van der Waals surface area contributed by atoms with Crippen LogP contribution in [-0.2, 0) is 41.6 Å². The molecule has 4 N–H and O–H groups in total. The zero-order valence-electron chi connectivity index (χ0n) is 26.5. The highest BCUT2D eigenvalue weighted by Gasteiger charge is 2.31. The minimum absolute atomic E-state index is 0.0371. The van der Waals surface area contributed by atoms with E-state index < -0.39 is 29.9 Å². The number of hydrogen-bond donors (Lipinski definition) is 4. The molecule has 0 aromatic heterocycles. The van der Waals surface area contributed by atoms with Crippen LogP contribution in [0.15, 0.2) is 72.8 Å². The SMILES string of the molecule is O=C[C@H](CC[C@@H]1CCNC1=O)NC(=O)[C@H](CN1CCOCC1)NC(=O)[C@H](Cc1cccc2ccccc12)NC(=O)Cc1ccccc1. The summed E-state index contributed by atoms with van der Waals surface area (Å²) in [4.78, 5) is 67.0. The fourth-order valence-corrected chi connectivity index (χ4v) is 6.19. The first-order valence-corrected chi connectivity index (χ1v) is 16.3. The predicted molar refractivity (Wildman–Crippen MR) is 177 cm³/mol. The Morgan fingerprint density at radius 1 is 0.894 bits per heavy atom. The van der Waals surface area contributed by atoms with E-state index in [-0.39, 0.29) is 37.1 Å². The van der Waals surface area contributed by atoms with Gasteiger partial charge in [0.15, 0.2) is 0 Å². The highest BCUT2D eigenvalue weighted by atomic mass is 16.5. The second kappa shape index (κ2) is 16.8. The van der Waals surface area contributed by atoms with Gasteiger partial charge >= 0.3 is 0 Å². The smallest absolute Gasteiger partial charge is 0.244 e. The molecule has 4 amide bonds. The Labute approximate surface area is 274 Å². The van der Waals surface area contributed by atoms with Gasteiger partial charge in [0.2, 0.25) is 23.6 Å². The summed E-state index contributed by atoms with van der Waals surface area (Å²) in [7, 11) is 0. The highest BCUT2D eigenvalue weighted by molar-refractivity contribution is 5.94. The molecule has 4 atom stereocenters. The summed E-state index contributed by atoms with van der Waals surface area (Å²) in [5, 5.41) is 13.4. The fourth-order valence-electron chi connectivity index (χ4n) is 6.19. The third kappa shape index (κ3) is 9.69. The number of aldehydes is 1. The van der Waals surface area contributed by atoms with E-state index in [1.165, 1.54) is 0 Å². The molecule has 11 heteroatoms. The number of hydrogen-bond acceptors (Lipinski definition) is 7. The monoisotopic (exact) mass is 641 g/mol. The molecule has 248 valence electrons. The second-order valence-corrected chi connectivity index (χ2v) is 12.2. The lowest BCUT2D eigenvalue weighted by molar-refractivity contribution is -0.133. The maximum absolute atomic E-state index is 14.1. The number of rotatable bonds is 15. The van der Waals surface area contributed by atoms with Crippen molar-refractivity contribution in [3.8, 4) is 0 Å². The molecule has 0 spiro atoms. The number of carbonyl (C=O) groups is 5. The van der Waals surface area contributed by atoms with E-state index in [2.05, 4.69) is 21.3 Å². The van der Waals surface area contributed by atoms with Crippen molar-refractivity contribution in [2.24, 2.45) is 5.92 Å². The summed E-state index contributed by atoms with van der Waals surface area (Å²) in [5.41, 5.74) is 1.70. The van der Waals surface area contributed by atoms with Crippen LogP contribution in [0.25, 0.3) is 10.8 Å². The summed E-state index contributed by atoms with van der Waals surface area (Å²) >= 11 is 0. The van der Waals surface area contributed by atoms with Crippen LogP contribution >= 0.6 is 0 Å². The van der Waals surface area contributed by atoms with Crippen molar-refractivity contribution < 1.29 is 28.7 Å². The number of morpholine rings is 1. The number of nitrogens with one attached hydrogen (secondary N) is 4. The number of nitrogens with zero attached hydrogens (tertiary/aromatic N) is 1. The van der Waals surface area contributed by atoms with E-state index in [0.29, 0.717) is 58.4 Å². The molecule has 3 aromatic carbocycles. The Kier molecular flexibility index (Phi) is 12.1. The zero-order chi connectivity index (χ0) is 33.0. The largest absolute Gasteiger partial charge is 0.379 e. The number of carbonyl (C=O) groups excluding carboxylic acids is 5. The van der Waals surface area contributed by atoms with E-state index in [0.717, 1.165) is 21.9 Å². The predicted octanol–water partition coefficient (Wildman–Crippen LogP) is 1.53. The molecule has 2 fully saturated rings. The molecule has 11 nitrogen and oxygen atoms in total. The number of benzene rings is 3. The van der Waals surface area contributed by atoms with Crippen LogP contribution < -0.4 is 21.3 Å². The summed E-state index contributed by atoms with van der Waals surface area (Å²) in [6, 6.07) is 20.2. The fraction of sp³-hybridized carbons (Fsp3) is 0.417. The molecule has 0 saturated carbocycles. The van der Waals surface area contributed by atoms with Gasteiger partial charge in [0, 0.05) is 38.5 Å². The Hall–Kier alpha value is -4.61. The van der Waals surface area contributed by atoms with Crippen molar-refractivity contribution in [3.63, 3.8) is 0 Å². The molecule has 5 rings (SSSR count). The van der Waals surface area contributed by atoms with E-state index in [9.17, 15) is 24.0 Å². The van der Waals surface area contributed by atoms with E-state index in [1.54, 1.807) is 0 Å². The lowest BCUT2D eigenvalue weighted by Crippen LogP contribution is -2.59. The van der Waals surface area contributed by atoms with Crippen molar-refractivity contribution in [3.05, 3.63) is 83.9 Å². The van der Waals surface area contributed by atoms with Crippen molar-refractivity contribution in [2.75, 3.05) is 39.4 Å². The van der Waals surface area contributed by atoms with E-state index in [1.807, 2.05) is 77.7 Å². The lowest BCUT2D eigenvalue weighted by atomic mass is 9.97. The quantitative estimate of drug-likeness (QED) is 0.184. The number of fused-ring (bicyclic) bond motifs is 1. The van der Waals surface area contributed by atoms with Crippen molar-refractivity contribution >= 4 is 40.7 Å². The molecule has 2 aliphatic rings. The molecule has 47 heavy (non-hydrogen) atoms. The number of ether oxygens (including phenoxy) is 1. The summed E-state index contributed by atoms with van der Waals surface area (Å²) in [5.74, 6) is -1.55. The maximum atomic E-state index is 14.1. The van der Waals surface area contributed by atoms with Gasteiger partial charge in [0.1, 0.15) is 18.4 Å². The second-order valence-electron chi connectivity index (χ2n) is 12.2. The van der Waals surface area contributed by atoms with Gasteiger partial charge in [0.25, 0.3) is 0 Å². The Morgan fingerprint density at radius 2 is 1.62 bits per heavy atom. The van der Waals surface area contributed by atoms with Crippen LogP contribution in [0, 0.1) is 5.92 Å². The summed E-state index contributed by atoms with van der Waals surface area (Å²) in [6.07, 6.45) is 2.45. The lowest BCUT2D eigenvalue weighted by Gasteiger charge is -2.31. The van der Waals surface area contributed by atoms with Gasteiger partial charge in [-0.3, -0.25) is 24.1 Å². The third-order valence-corrected chi connectivity index (χ3v) is 8.82. The van der Waals surface area contributed by atoms with Gasteiger partial charge in [-0.05, 0) is 41.2 Å². The van der Waals surface area contributed by atoms with Crippen molar-refractivity contribution in [2.45, 2.75) is 50.2 Å². The molecule has 0 radical (unpaired) electrons. The normalized spacial score (nSPS) is 18.5. The van der Waals surface area contributed by atoms with Crippen molar-refractivity contribution in [1.82, 2.24) is 26.2 Å². The Morgan fingerprint density at radius 3 is 2.36 bits per heavy atom. The van der Waals surface area contributed by atoms with Gasteiger partial charge in [-0.25, -0.2) is 0 Å².